The number of likely N-dealkylation sites (tertiary alicyclic amines) is 1. The van der Waals surface area contributed by atoms with Gasteiger partial charge in [-0.05, 0) is 82.6 Å². The van der Waals surface area contributed by atoms with Gasteiger partial charge in [0, 0.05) is 13.0 Å². The van der Waals surface area contributed by atoms with Crippen LogP contribution in [-0.4, -0.2) is 50.1 Å². The lowest BCUT2D eigenvalue weighted by molar-refractivity contribution is -0.122. The maximum Gasteiger partial charge on any atom is 0.220 e. The van der Waals surface area contributed by atoms with Crippen LogP contribution in [0.15, 0.2) is 0 Å². The van der Waals surface area contributed by atoms with Gasteiger partial charge in [0.05, 0.1) is 0 Å². The molecule has 2 N–H and O–H groups in total. The predicted octanol–water partition coefficient (Wildman–Crippen LogP) is 3.09. The van der Waals surface area contributed by atoms with Crippen LogP contribution in [0, 0.1) is 17.8 Å². The number of nitrogens with one attached hydrogen (secondary N) is 2. The highest BCUT2D eigenvalue weighted by Gasteiger charge is 2.21. The van der Waals surface area contributed by atoms with Gasteiger partial charge < -0.3 is 15.5 Å². The number of hydrogen-bond acceptors (Lipinski definition) is 3. The quantitative estimate of drug-likeness (QED) is 0.665. The van der Waals surface area contributed by atoms with Gasteiger partial charge in [-0.25, -0.2) is 0 Å². The first-order valence-electron chi connectivity index (χ1n) is 9.35. The molecule has 0 aliphatic carbocycles. The van der Waals surface area contributed by atoms with Crippen molar-refractivity contribution in [2.45, 2.75) is 52.4 Å². The van der Waals surface area contributed by atoms with E-state index in [9.17, 15) is 4.79 Å². The first-order chi connectivity index (χ1) is 10.6. The molecular weight excluding hydrogens is 345 g/mol. The minimum absolute atomic E-state index is 0. The molecule has 0 bridgehead atoms. The van der Waals surface area contributed by atoms with E-state index in [0.717, 1.165) is 44.4 Å². The van der Waals surface area contributed by atoms with Crippen LogP contribution in [0.3, 0.4) is 0 Å². The molecule has 0 aromatic rings. The summed E-state index contributed by atoms with van der Waals surface area (Å²) in [5, 5.41) is 6.51. The van der Waals surface area contributed by atoms with Crippen LogP contribution in [0.25, 0.3) is 0 Å². The summed E-state index contributed by atoms with van der Waals surface area (Å²) in [6, 6.07) is 0. The van der Waals surface area contributed by atoms with Crippen LogP contribution < -0.4 is 10.6 Å². The molecule has 0 spiro atoms. The van der Waals surface area contributed by atoms with E-state index in [1.165, 1.54) is 38.8 Å². The Hall–Kier alpha value is -0.0300. The third kappa shape index (κ3) is 8.89. The fourth-order valence-electron chi connectivity index (χ4n) is 3.76. The summed E-state index contributed by atoms with van der Waals surface area (Å²) in [6.45, 7) is 11.3. The molecule has 2 saturated heterocycles. The third-order valence-corrected chi connectivity index (χ3v) is 5.55. The summed E-state index contributed by atoms with van der Waals surface area (Å²) in [7, 11) is 0. The SMILES string of the molecule is CC1CCN(CCCNC(=O)CC(C)C2CCNCC2)CC1.Cl.Cl. The lowest BCUT2D eigenvalue weighted by atomic mass is 9.84. The number of carbonyl (C=O) groups is 1. The van der Waals surface area contributed by atoms with E-state index in [4.69, 9.17) is 0 Å². The van der Waals surface area contributed by atoms with Gasteiger partial charge >= 0.3 is 0 Å². The van der Waals surface area contributed by atoms with Crippen molar-refractivity contribution in [1.29, 1.82) is 0 Å². The van der Waals surface area contributed by atoms with E-state index >= 15 is 0 Å². The second-order valence-electron chi connectivity index (χ2n) is 7.50. The van der Waals surface area contributed by atoms with E-state index < -0.39 is 0 Å². The minimum Gasteiger partial charge on any atom is -0.356 e. The average Bonchev–Trinajstić information content (AvgIpc) is 2.54. The molecule has 0 aromatic heterocycles. The number of halogens is 2. The third-order valence-electron chi connectivity index (χ3n) is 5.55. The van der Waals surface area contributed by atoms with Crippen molar-refractivity contribution in [3.8, 4) is 0 Å². The van der Waals surface area contributed by atoms with Crippen molar-refractivity contribution < 1.29 is 4.79 Å². The Balaban J connectivity index is 0.00000264. The number of piperidine rings is 2. The smallest absolute Gasteiger partial charge is 0.220 e. The minimum atomic E-state index is 0. The molecule has 1 atom stereocenters. The van der Waals surface area contributed by atoms with Gasteiger partial charge in [0.25, 0.3) is 0 Å². The van der Waals surface area contributed by atoms with Gasteiger partial charge in [-0.3, -0.25) is 4.79 Å². The number of hydrogen-bond donors (Lipinski definition) is 2. The standard InChI is InChI=1S/C18H35N3O.2ClH/c1-15-6-12-21(13-7-15)11-3-8-20-18(22)14-16(2)17-4-9-19-10-5-17;;/h15-17,19H,3-14H2,1-2H3,(H,20,22);2*1H. The molecule has 24 heavy (non-hydrogen) atoms. The summed E-state index contributed by atoms with van der Waals surface area (Å²) in [5.41, 5.74) is 0. The van der Waals surface area contributed by atoms with Gasteiger partial charge in [-0.15, -0.1) is 24.8 Å². The van der Waals surface area contributed by atoms with Crippen molar-refractivity contribution in [3.63, 3.8) is 0 Å². The van der Waals surface area contributed by atoms with Crippen LogP contribution in [0.2, 0.25) is 0 Å². The Morgan fingerprint density at radius 3 is 2.42 bits per heavy atom. The molecule has 0 aromatic carbocycles. The van der Waals surface area contributed by atoms with Crippen molar-refractivity contribution in [1.82, 2.24) is 15.5 Å². The summed E-state index contributed by atoms with van der Waals surface area (Å²) < 4.78 is 0. The molecule has 144 valence electrons. The van der Waals surface area contributed by atoms with Gasteiger partial charge in [0.15, 0.2) is 0 Å². The van der Waals surface area contributed by atoms with Crippen LogP contribution >= 0.6 is 24.8 Å². The zero-order valence-corrected chi connectivity index (χ0v) is 17.0. The molecule has 1 amide bonds. The van der Waals surface area contributed by atoms with E-state index in [1.807, 2.05) is 0 Å². The molecule has 2 fully saturated rings. The molecule has 0 radical (unpaired) electrons. The van der Waals surface area contributed by atoms with Crippen molar-refractivity contribution in [3.05, 3.63) is 0 Å². The lowest BCUT2D eigenvalue weighted by Gasteiger charge is -2.30. The van der Waals surface area contributed by atoms with Gasteiger partial charge in [-0.2, -0.15) is 0 Å². The zero-order chi connectivity index (χ0) is 15.8. The fraction of sp³-hybridized carbons (Fsp3) is 0.944. The maximum absolute atomic E-state index is 12.0. The Bertz CT molecular complexity index is 330. The zero-order valence-electron chi connectivity index (χ0n) is 15.4. The second kappa shape index (κ2) is 13.2. The number of amides is 1. The van der Waals surface area contributed by atoms with E-state index in [-0.39, 0.29) is 30.7 Å². The van der Waals surface area contributed by atoms with Gasteiger partial charge in [0.1, 0.15) is 0 Å². The predicted molar refractivity (Wildman–Crippen MR) is 106 cm³/mol. The summed E-state index contributed by atoms with van der Waals surface area (Å²) >= 11 is 0. The largest absolute Gasteiger partial charge is 0.356 e. The number of nitrogens with zero attached hydrogens (tertiary/aromatic N) is 1. The van der Waals surface area contributed by atoms with Crippen LogP contribution in [0.5, 0.6) is 0 Å². The molecule has 6 heteroatoms. The Morgan fingerprint density at radius 1 is 1.17 bits per heavy atom. The Morgan fingerprint density at radius 2 is 1.79 bits per heavy atom. The van der Waals surface area contributed by atoms with E-state index in [1.54, 1.807) is 0 Å². The molecular formula is C18H37Cl2N3O. The van der Waals surface area contributed by atoms with Gasteiger partial charge in [-0.1, -0.05) is 13.8 Å². The Kier molecular flexibility index (Phi) is 13.2. The van der Waals surface area contributed by atoms with Crippen LogP contribution in [0.4, 0.5) is 0 Å². The van der Waals surface area contributed by atoms with E-state index in [2.05, 4.69) is 29.4 Å². The normalized spacial score (nSPS) is 21.4. The highest BCUT2D eigenvalue weighted by Crippen LogP contribution is 2.24. The van der Waals surface area contributed by atoms with Crippen molar-refractivity contribution in [2.75, 3.05) is 39.3 Å². The highest BCUT2D eigenvalue weighted by molar-refractivity contribution is 5.85. The number of carbonyl (C=O) groups excluding carboxylic acids is 1. The van der Waals surface area contributed by atoms with Gasteiger partial charge in [0.2, 0.25) is 5.91 Å². The molecule has 2 heterocycles. The van der Waals surface area contributed by atoms with Crippen LogP contribution in [-0.2, 0) is 4.79 Å². The van der Waals surface area contributed by atoms with Crippen molar-refractivity contribution in [2.24, 2.45) is 17.8 Å². The molecule has 4 nitrogen and oxygen atoms in total. The lowest BCUT2D eigenvalue weighted by Crippen LogP contribution is -2.36. The topological polar surface area (TPSA) is 44.4 Å². The molecule has 2 aliphatic heterocycles. The van der Waals surface area contributed by atoms with Crippen LogP contribution in [0.1, 0.15) is 52.4 Å². The molecule has 0 saturated carbocycles. The molecule has 1 unspecified atom stereocenters. The summed E-state index contributed by atoms with van der Waals surface area (Å²) in [4.78, 5) is 14.6. The first-order valence-corrected chi connectivity index (χ1v) is 9.35. The first kappa shape index (κ1) is 24.0. The average molecular weight is 382 g/mol. The van der Waals surface area contributed by atoms with E-state index in [0.29, 0.717) is 12.3 Å². The second-order valence-corrected chi connectivity index (χ2v) is 7.50. The fourth-order valence-corrected chi connectivity index (χ4v) is 3.76. The number of rotatable bonds is 7. The molecule has 2 aliphatic rings. The Labute approximate surface area is 160 Å². The van der Waals surface area contributed by atoms with Crippen molar-refractivity contribution >= 4 is 30.7 Å². The monoisotopic (exact) mass is 381 g/mol. The summed E-state index contributed by atoms with van der Waals surface area (Å²) in [5.74, 6) is 2.39. The summed E-state index contributed by atoms with van der Waals surface area (Å²) in [6.07, 6.45) is 6.90. The molecule has 2 rings (SSSR count). The maximum atomic E-state index is 12.0. The highest BCUT2D eigenvalue weighted by atomic mass is 35.5.